The van der Waals surface area contributed by atoms with E-state index in [0.717, 1.165) is 21.7 Å². The maximum absolute atomic E-state index is 14.1. The molecule has 0 spiro atoms. The molecule has 0 aliphatic rings. The quantitative estimate of drug-likeness (QED) is 0.835. The number of hydrogen-bond acceptors (Lipinski definition) is 1. The Hall–Kier alpha value is -1.09. The van der Waals surface area contributed by atoms with E-state index in [1.165, 1.54) is 6.07 Å². The van der Waals surface area contributed by atoms with Crippen LogP contribution in [0.1, 0.15) is 28.3 Å². The molecule has 0 heterocycles. The van der Waals surface area contributed by atoms with Crippen LogP contribution in [0.25, 0.3) is 0 Å². The van der Waals surface area contributed by atoms with Gasteiger partial charge in [-0.05, 0) is 55.8 Å². The predicted molar refractivity (Wildman–Crippen MR) is 83.2 cm³/mol. The lowest BCUT2D eigenvalue weighted by atomic mass is 9.93. The second-order valence-electron chi connectivity index (χ2n) is 4.85. The van der Waals surface area contributed by atoms with E-state index < -0.39 is 0 Å². The molecule has 1 N–H and O–H groups in total. The lowest BCUT2D eigenvalue weighted by Gasteiger charge is -2.21. The molecule has 20 heavy (non-hydrogen) atoms. The molecule has 1 atom stereocenters. The summed E-state index contributed by atoms with van der Waals surface area (Å²) in [6.07, 6.45) is 0. The molecule has 106 valence electrons. The lowest BCUT2D eigenvalue weighted by molar-refractivity contribution is 0.575. The van der Waals surface area contributed by atoms with Crippen molar-refractivity contribution in [2.75, 3.05) is 7.05 Å². The average Bonchev–Trinajstić information content (AvgIpc) is 2.38. The van der Waals surface area contributed by atoms with Crippen LogP contribution in [-0.2, 0) is 0 Å². The van der Waals surface area contributed by atoms with Crippen LogP contribution < -0.4 is 5.32 Å². The summed E-state index contributed by atoms with van der Waals surface area (Å²) in [6.45, 7) is 3.91. The fraction of sp³-hybridized carbons (Fsp3) is 0.250. The van der Waals surface area contributed by atoms with Gasteiger partial charge in [-0.2, -0.15) is 0 Å². The highest BCUT2D eigenvalue weighted by atomic mass is 35.5. The van der Waals surface area contributed by atoms with Gasteiger partial charge in [0.2, 0.25) is 0 Å². The molecule has 0 fully saturated rings. The Kier molecular flexibility index (Phi) is 4.69. The van der Waals surface area contributed by atoms with Crippen molar-refractivity contribution in [1.82, 2.24) is 5.32 Å². The highest BCUT2D eigenvalue weighted by Crippen LogP contribution is 2.31. The van der Waals surface area contributed by atoms with Gasteiger partial charge in [-0.3, -0.25) is 0 Å². The van der Waals surface area contributed by atoms with Gasteiger partial charge in [-0.1, -0.05) is 35.3 Å². The molecule has 0 amide bonds. The summed E-state index contributed by atoms with van der Waals surface area (Å²) in [7, 11) is 1.81. The first-order valence-electron chi connectivity index (χ1n) is 6.33. The summed E-state index contributed by atoms with van der Waals surface area (Å²) < 4.78 is 14.1. The summed E-state index contributed by atoms with van der Waals surface area (Å²) in [5, 5.41) is 4.27. The minimum Gasteiger partial charge on any atom is -0.309 e. The zero-order valence-corrected chi connectivity index (χ0v) is 13.1. The fourth-order valence-corrected chi connectivity index (χ4v) is 2.71. The summed E-state index contributed by atoms with van der Waals surface area (Å²) >= 11 is 11.9. The third-order valence-corrected chi connectivity index (χ3v) is 4.06. The maximum Gasteiger partial charge on any atom is 0.129 e. The molecular formula is C16H16Cl2FN. The first-order valence-corrected chi connectivity index (χ1v) is 7.08. The molecule has 0 saturated heterocycles. The van der Waals surface area contributed by atoms with Gasteiger partial charge in [-0.15, -0.1) is 0 Å². The molecule has 0 aromatic heterocycles. The highest BCUT2D eigenvalue weighted by molar-refractivity contribution is 6.31. The van der Waals surface area contributed by atoms with Crippen LogP contribution in [0.4, 0.5) is 4.39 Å². The summed E-state index contributed by atoms with van der Waals surface area (Å²) in [4.78, 5) is 0. The van der Waals surface area contributed by atoms with Gasteiger partial charge in [0.1, 0.15) is 5.82 Å². The molecule has 2 rings (SSSR count). The Bertz CT molecular complexity index is 641. The Labute approximate surface area is 128 Å². The molecule has 0 radical (unpaired) electrons. The van der Waals surface area contributed by atoms with Crippen molar-refractivity contribution < 1.29 is 4.39 Å². The van der Waals surface area contributed by atoms with E-state index in [-0.39, 0.29) is 11.9 Å². The topological polar surface area (TPSA) is 12.0 Å². The van der Waals surface area contributed by atoms with Gasteiger partial charge in [0, 0.05) is 15.6 Å². The number of nitrogens with one attached hydrogen (secondary N) is 1. The third kappa shape index (κ3) is 2.98. The molecule has 0 bridgehead atoms. The second kappa shape index (κ2) is 6.13. The second-order valence-corrected chi connectivity index (χ2v) is 5.69. The fourth-order valence-electron chi connectivity index (χ4n) is 2.33. The zero-order chi connectivity index (χ0) is 14.9. The first-order chi connectivity index (χ1) is 9.43. The smallest absolute Gasteiger partial charge is 0.129 e. The largest absolute Gasteiger partial charge is 0.309 e. The average molecular weight is 312 g/mol. The number of halogens is 3. The van der Waals surface area contributed by atoms with Crippen LogP contribution in [-0.4, -0.2) is 7.05 Å². The van der Waals surface area contributed by atoms with E-state index in [1.807, 2.05) is 33.0 Å². The van der Waals surface area contributed by atoms with Gasteiger partial charge in [0.25, 0.3) is 0 Å². The van der Waals surface area contributed by atoms with Crippen molar-refractivity contribution in [3.8, 4) is 0 Å². The van der Waals surface area contributed by atoms with Crippen molar-refractivity contribution in [3.05, 3.63) is 68.4 Å². The molecular weight excluding hydrogens is 296 g/mol. The maximum atomic E-state index is 14.1. The van der Waals surface area contributed by atoms with Gasteiger partial charge >= 0.3 is 0 Å². The summed E-state index contributed by atoms with van der Waals surface area (Å²) in [5.74, 6) is -0.316. The number of benzene rings is 2. The van der Waals surface area contributed by atoms with E-state index in [0.29, 0.717) is 10.6 Å². The Morgan fingerprint density at radius 1 is 1.00 bits per heavy atom. The van der Waals surface area contributed by atoms with E-state index in [4.69, 9.17) is 23.2 Å². The highest BCUT2D eigenvalue weighted by Gasteiger charge is 2.19. The summed E-state index contributed by atoms with van der Waals surface area (Å²) in [5.41, 5.74) is 3.58. The molecule has 0 saturated carbocycles. The zero-order valence-electron chi connectivity index (χ0n) is 11.6. The number of rotatable bonds is 3. The first kappa shape index (κ1) is 15.3. The van der Waals surface area contributed by atoms with Crippen molar-refractivity contribution in [1.29, 1.82) is 0 Å². The standard InChI is InChI=1S/C16H16Cl2FN/c1-9-7-14(18)10(2)6-13(9)16(20-3)12-5-4-11(17)8-15(12)19/h4-8,16,20H,1-3H3. The van der Waals surface area contributed by atoms with Crippen LogP contribution in [0.5, 0.6) is 0 Å². The Morgan fingerprint density at radius 3 is 2.30 bits per heavy atom. The van der Waals surface area contributed by atoms with E-state index in [2.05, 4.69) is 5.32 Å². The van der Waals surface area contributed by atoms with Crippen LogP contribution in [0.2, 0.25) is 10.0 Å². The number of aryl methyl sites for hydroxylation is 2. The predicted octanol–water partition coefficient (Wildman–Crippen LogP) is 5.06. The molecule has 1 unspecified atom stereocenters. The molecule has 0 aliphatic carbocycles. The number of hydrogen-bond donors (Lipinski definition) is 1. The van der Waals surface area contributed by atoms with Gasteiger partial charge in [0.05, 0.1) is 6.04 Å². The SMILES string of the molecule is CNC(c1cc(C)c(Cl)cc1C)c1ccc(Cl)cc1F. The van der Waals surface area contributed by atoms with Crippen LogP contribution in [0.3, 0.4) is 0 Å². The molecule has 2 aromatic carbocycles. The van der Waals surface area contributed by atoms with Crippen molar-refractivity contribution >= 4 is 23.2 Å². The van der Waals surface area contributed by atoms with Crippen molar-refractivity contribution in [3.63, 3.8) is 0 Å². The molecule has 4 heteroatoms. The monoisotopic (exact) mass is 311 g/mol. The van der Waals surface area contributed by atoms with Crippen molar-refractivity contribution in [2.24, 2.45) is 0 Å². The molecule has 2 aromatic rings. The summed E-state index contributed by atoms with van der Waals surface area (Å²) in [6, 6.07) is 8.41. The van der Waals surface area contributed by atoms with Gasteiger partial charge < -0.3 is 5.32 Å². The van der Waals surface area contributed by atoms with E-state index >= 15 is 0 Å². The van der Waals surface area contributed by atoms with Crippen LogP contribution >= 0.6 is 23.2 Å². The normalized spacial score (nSPS) is 12.5. The lowest BCUT2D eigenvalue weighted by Crippen LogP contribution is -2.20. The Morgan fingerprint density at radius 2 is 1.70 bits per heavy atom. The van der Waals surface area contributed by atoms with Gasteiger partial charge in [-0.25, -0.2) is 4.39 Å². The van der Waals surface area contributed by atoms with E-state index in [1.54, 1.807) is 12.1 Å². The van der Waals surface area contributed by atoms with Crippen LogP contribution in [0.15, 0.2) is 30.3 Å². The van der Waals surface area contributed by atoms with Crippen molar-refractivity contribution in [2.45, 2.75) is 19.9 Å². The molecule has 0 aliphatic heterocycles. The Balaban J connectivity index is 2.55. The van der Waals surface area contributed by atoms with E-state index in [9.17, 15) is 4.39 Å². The minimum absolute atomic E-state index is 0.233. The minimum atomic E-state index is -0.316. The third-order valence-electron chi connectivity index (χ3n) is 3.42. The van der Waals surface area contributed by atoms with Crippen LogP contribution in [0, 0.1) is 19.7 Å². The van der Waals surface area contributed by atoms with Gasteiger partial charge in [0.15, 0.2) is 0 Å². The molecule has 1 nitrogen and oxygen atoms in total.